The molecule has 0 aliphatic carbocycles. The molecule has 31 heavy (non-hydrogen) atoms. The second kappa shape index (κ2) is 7.89. The van der Waals surface area contributed by atoms with E-state index in [1.807, 2.05) is 36.1 Å². The van der Waals surface area contributed by atoms with Crippen LogP contribution in [0.1, 0.15) is 40.6 Å². The van der Waals surface area contributed by atoms with Gasteiger partial charge in [-0.2, -0.15) is 0 Å². The van der Waals surface area contributed by atoms with Gasteiger partial charge in [0.25, 0.3) is 5.91 Å². The van der Waals surface area contributed by atoms with E-state index in [1.54, 1.807) is 0 Å². The summed E-state index contributed by atoms with van der Waals surface area (Å²) >= 11 is 0. The number of amides is 1. The molecule has 160 valence electrons. The van der Waals surface area contributed by atoms with Crippen LogP contribution >= 0.6 is 0 Å². The van der Waals surface area contributed by atoms with E-state index in [0.29, 0.717) is 43.6 Å². The van der Waals surface area contributed by atoms with Crippen molar-refractivity contribution in [3.05, 3.63) is 71.4 Å². The topological polar surface area (TPSA) is 68.5 Å². The number of hydrogen-bond donors (Lipinski definition) is 0. The molecule has 1 aromatic heterocycles. The first-order valence-corrected chi connectivity index (χ1v) is 10.6. The fourth-order valence-electron chi connectivity index (χ4n) is 4.71. The lowest BCUT2D eigenvalue weighted by atomic mass is 9.72. The van der Waals surface area contributed by atoms with Crippen LogP contribution in [0.5, 0.6) is 0 Å². The average Bonchev–Trinajstić information content (AvgIpc) is 3.40. The first kappa shape index (κ1) is 19.9. The minimum Gasteiger partial charge on any atom is -0.420 e. The van der Waals surface area contributed by atoms with Gasteiger partial charge in [-0.15, -0.1) is 10.2 Å². The van der Waals surface area contributed by atoms with Crippen LogP contribution in [0.2, 0.25) is 0 Å². The van der Waals surface area contributed by atoms with Gasteiger partial charge in [0, 0.05) is 42.8 Å². The third kappa shape index (κ3) is 3.74. The zero-order valence-electron chi connectivity index (χ0n) is 17.4. The van der Waals surface area contributed by atoms with E-state index in [4.69, 9.17) is 9.15 Å². The van der Waals surface area contributed by atoms with Crippen LogP contribution in [0.15, 0.2) is 52.9 Å². The standard InChI is InChI=1S/C24H24FN3O3/c1-16-2-4-17(5-3-16)21-26-27-22(31-21)20-14-28(15-24(20)10-12-30-13-11-24)23(29)18-6-8-19(25)9-7-18/h2-9,20H,10-15H2,1H3. The van der Waals surface area contributed by atoms with Crippen LogP contribution in [0.25, 0.3) is 11.5 Å². The number of benzene rings is 2. The molecule has 6 nitrogen and oxygen atoms in total. The van der Waals surface area contributed by atoms with Crippen molar-refractivity contribution in [2.75, 3.05) is 26.3 Å². The highest BCUT2D eigenvalue weighted by molar-refractivity contribution is 5.94. The second-order valence-corrected chi connectivity index (χ2v) is 8.53. The van der Waals surface area contributed by atoms with Crippen LogP contribution < -0.4 is 0 Å². The summed E-state index contributed by atoms with van der Waals surface area (Å²) in [4.78, 5) is 15.0. The first-order valence-electron chi connectivity index (χ1n) is 10.6. The smallest absolute Gasteiger partial charge is 0.253 e. The highest BCUT2D eigenvalue weighted by Gasteiger charge is 2.51. The van der Waals surface area contributed by atoms with Crippen molar-refractivity contribution in [1.82, 2.24) is 15.1 Å². The van der Waals surface area contributed by atoms with E-state index in [9.17, 15) is 9.18 Å². The highest BCUT2D eigenvalue weighted by Crippen LogP contribution is 2.49. The van der Waals surface area contributed by atoms with E-state index in [-0.39, 0.29) is 23.1 Å². The SMILES string of the molecule is Cc1ccc(-c2nnc(C3CN(C(=O)c4ccc(F)cc4)CC34CCOCC4)o2)cc1. The Kier molecular flexibility index (Phi) is 5.06. The molecule has 2 aliphatic heterocycles. The number of nitrogens with zero attached hydrogens (tertiary/aromatic N) is 3. The lowest BCUT2D eigenvalue weighted by Gasteiger charge is -2.36. The zero-order chi connectivity index (χ0) is 21.4. The number of carbonyl (C=O) groups excluding carboxylic acids is 1. The Bertz CT molecular complexity index is 1070. The minimum atomic E-state index is -0.355. The maximum Gasteiger partial charge on any atom is 0.253 e. The van der Waals surface area contributed by atoms with Gasteiger partial charge in [-0.3, -0.25) is 4.79 Å². The molecule has 1 unspecified atom stereocenters. The van der Waals surface area contributed by atoms with E-state index in [1.165, 1.54) is 24.3 Å². The summed E-state index contributed by atoms with van der Waals surface area (Å²) in [5.41, 5.74) is 2.36. The van der Waals surface area contributed by atoms with Crippen molar-refractivity contribution >= 4 is 5.91 Å². The molecule has 5 rings (SSSR count). The van der Waals surface area contributed by atoms with Gasteiger partial charge in [-0.25, -0.2) is 4.39 Å². The van der Waals surface area contributed by atoms with Gasteiger partial charge in [0.1, 0.15) is 5.82 Å². The van der Waals surface area contributed by atoms with Crippen molar-refractivity contribution in [1.29, 1.82) is 0 Å². The van der Waals surface area contributed by atoms with E-state index >= 15 is 0 Å². The van der Waals surface area contributed by atoms with E-state index in [2.05, 4.69) is 10.2 Å². The number of aryl methyl sites for hydroxylation is 1. The van der Waals surface area contributed by atoms with Gasteiger partial charge in [0.05, 0.1) is 5.92 Å². The molecule has 1 atom stereocenters. The van der Waals surface area contributed by atoms with Crippen LogP contribution in [0, 0.1) is 18.2 Å². The highest BCUT2D eigenvalue weighted by atomic mass is 19.1. The molecule has 2 aliphatic rings. The van der Waals surface area contributed by atoms with Gasteiger partial charge in [0.15, 0.2) is 0 Å². The molecule has 1 spiro atoms. The van der Waals surface area contributed by atoms with Crippen LogP contribution in [-0.4, -0.2) is 47.3 Å². The second-order valence-electron chi connectivity index (χ2n) is 8.53. The molecule has 0 saturated carbocycles. The molecule has 3 heterocycles. The van der Waals surface area contributed by atoms with Crippen molar-refractivity contribution in [2.24, 2.45) is 5.41 Å². The van der Waals surface area contributed by atoms with Crippen LogP contribution in [0.3, 0.4) is 0 Å². The number of likely N-dealkylation sites (tertiary alicyclic amines) is 1. The molecule has 2 aromatic carbocycles. The Morgan fingerprint density at radius 2 is 1.77 bits per heavy atom. The fourth-order valence-corrected chi connectivity index (χ4v) is 4.71. The van der Waals surface area contributed by atoms with Crippen molar-refractivity contribution in [3.63, 3.8) is 0 Å². The zero-order valence-corrected chi connectivity index (χ0v) is 17.4. The van der Waals surface area contributed by atoms with Gasteiger partial charge >= 0.3 is 0 Å². The quantitative estimate of drug-likeness (QED) is 0.633. The lowest BCUT2D eigenvalue weighted by Crippen LogP contribution is -2.37. The van der Waals surface area contributed by atoms with E-state index < -0.39 is 0 Å². The van der Waals surface area contributed by atoms with E-state index in [0.717, 1.165) is 24.0 Å². The van der Waals surface area contributed by atoms with Crippen molar-refractivity contribution < 1.29 is 18.3 Å². The maximum absolute atomic E-state index is 13.3. The number of ether oxygens (including phenoxy) is 1. The summed E-state index contributed by atoms with van der Waals surface area (Å²) < 4.78 is 25.0. The number of rotatable bonds is 3. The number of carbonyl (C=O) groups is 1. The molecule has 0 N–H and O–H groups in total. The third-order valence-corrected chi connectivity index (χ3v) is 6.55. The molecular formula is C24H24FN3O3. The Morgan fingerprint density at radius 3 is 2.48 bits per heavy atom. The molecule has 7 heteroatoms. The summed E-state index contributed by atoms with van der Waals surface area (Å²) in [6.45, 7) is 4.41. The Morgan fingerprint density at radius 1 is 1.06 bits per heavy atom. The summed E-state index contributed by atoms with van der Waals surface area (Å²) in [7, 11) is 0. The third-order valence-electron chi connectivity index (χ3n) is 6.55. The normalized spacial score (nSPS) is 20.3. The van der Waals surface area contributed by atoms with Gasteiger partial charge in [-0.1, -0.05) is 17.7 Å². The molecule has 2 fully saturated rings. The molecule has 0 radical (unpaired) electrons. The predicted molar refractivity (Wildman–Crippen MR) is 112 cm³/mol. The summed E-state index contributed by atoms with van der Waals surface area (Å²) in [6.07, 6.45) is 1.65. The molecule has 0 bridgehead atoms. The molecular weight excluding hydrogens is 397 g/mol. The Balaban J connectivity index is 1.44. The fraction of sp³-hybridized carbons (Fsp3) is 0.375. The van der Waals surface area contributed by atoms with Crippen molar-refractivity contribution in [2.45, 2.75) is 25.7 Å². The molecule has 2 saturated heterocycles. The monoisotopic (exact) mass is 421 g/mol. The largest absolute Gasteiger partial charge is 0.420 e. The first-order chi connectivity index (χ1) is 15.0. The Hall–Kier alpha value is -3.06. The minimum absolute atomic E-state index is 0.0625. The lowest BCUT2D eigenvalue weighted by molar-refractivity contribution is 0.00908. The molecule has 1 amide bonds. The van der Waals surface area contributed by atoms with Gasteiger partial charge < -0.3 is 14.1 Å². The number of halogens is 1. The summed E-state index contributed by atoms with van der Waals surface area (Å²) in [5, 5.41) is 8.66. The molecule has 3 aromatic rings. The maximum atomic E-state index is 13.3. The number of hydrogen-bond acceptors (Lipinski definition) is 5. The average molecular weight is 421 g/mol. The predicted octanol–water partition coefficient (Wildman–Crippen LogP) is 4.22. The van der Waals surface area contributed by atoms with Crippen LogP contribution in [0.4, 0.5) is 4.39 Å². The van der Waals surface area contributed by atoms with Gasteiger partial charge in [-0.05, 0) is 56.2 Å². The summed E-state index contributed by atoms with van der Waals surface area (Å²) in [6, 6.07) is 13.7. The summed E-state index contributed by atoms with van der Waals surface area (Å²) in [5.74, 6) is 0.526. The van der Waals surface area contributed by atoms with Gasteiger partial charge in [0.2, 0.25) is 11.8 Å². The number of aromatic nitrogens is 2. The van der Waals surface area contributed by atoms with Crippen molar-refractivity contribution in [3.8, 4) is 11.5 Å². The van der Waals surface area contributed by atoms with Crippen LogP contribution in [-0.2, 0) is 4.74 Å². The Labute approximate surface area is 180 Å².